The lowest BCUT2D eigenvalue weighted by Crippen LogP contribution is -2.38. The lowest BCUT2D eigenvalue weighted by atomic mass is 10.5. The van der Waals surface area contributed by atoms with Crippen molar-refractivity contribution < 1.29 is 24.5 Å². The molecule has 0 aliphatic rings. The summed E-state index contributed by atoms with van der Waals surface area (Å²) >= 11 is 0. The smallest absolute Gasteiger partial charge is 0.318 e. The number of hydrogen-bond acceptors (Lipinski definition) is 5. The Morgan fingerprint density at radius 3 is 1.75 bits per heavy atom. The first-order valence-electron chi connectivity index (χ1n) is 5.20. The summed E-state index contributed by atoms with van der Waals surface area (Å²) in [4.78, 5) is 11.0. The van der Waals surface area contributed by atoms with Crippen LogP contribution in [-0.2, 0) is 9.47 Å². The van der Waals surface area contributed by atoms with Gasteiger partial charge >= 0.3 is 6.03 Å². The van der Waals surface area contributed by atoms with Crippen LogP contribution in [0.1, 0.15) is 12.8 Å². The Morgan fingerprint density at radius 2 is 1.38 bits per heavy atom. The van der Waals surface area contributed by atoms with E-state index < -0.39 is 0 Å². The molecule has 16 heavy (non-hydrogen) atoms. The van der Waals surface area contributed by atoms with E-state index in [1.807, 2.05) is 0 Å². The molecule has 0 radical (unpaired) electrons. The van der Waals surface area contributed by atoms with Gasteiger partial charge < -0.3 is 30.3 Å². The first-order chi connectivity index (χ1) is 7.81. The van der Waals surface area contributed by atoms with Gasteiger partial charge in [0.25, 0.3) is 0 Å². The van der Waals surface area contributed by atoms with Crippen LogP contribution >= 0.6 is 0 Å². The number of rotatable bonds is 10. The zero-order valence-corrected chi connectivity index (χ0v) is 9.28. The Bertz CT molecular complexity index is 152. The molecule has 0 aliphatic carbocycles. The van der Waals surface area contributed by atoms with Crippen LogP contribution in [0.5, 0.6) is 0 Å². The fourth-order valence-electron chi connectivity index (χ4n) is 0.773. The largest absolute Gasteiger partial charge is 0.396 e. The molecule has 4 N–H and O–H groups in total. The Labute approximate surface area is 94.7 Å². The lowest BCUT2D eigenvalue weighted by Gasteiger charge is -2.08. The molecule has 0 bridgehead atoms. The summed E-state index contributed by atoms with van der Waals surface area (Å²) in [6, 6.07) is -0.381. The summed E-state index contributed by atoms with van der Waals surface area (Å²) in [5.74, 6) is 0. The van der Waals surface area contributed by atoms with Crippen LogP contribution in [0, 0.1) is 0 Å². The van der Waals surface area contributed by atoms with Gasteiger partial charge in [-0.3, -0.25) is 0 Å². The van der Waals surface area contributed by atoms with Crippen molar-refractivity contribution in [2.75, 3.05) is 39.9 Å². The third-order valence-electron chi connectivity index (χ3n) is 1.56. The number of hydrogen-bond donors (Lipinski definition) is 4. The van der Waals surface area contributed by atoms with Crippen molar-refractivity contribution in [3.05, 3.63) is 0 Å². The SMILES string of the molecule is O=C(NCOCCCO)NCOCCCO. The predicted molar refractivity (Wildman–Crippen MR) is 56.7 cm³/mol. The van der Waals surface area contributed by atoms with Crippen molar-refractivity contribution in [1.29, 1.82) is 0 Å². The second kappa shape index (κ2) is 12.2. The van der Waals surface area contributed by atoms with Gasteiger partial charge in [-0.2, -0.15) is 0 Å². The molecule has 0 aromatic carbocycles. The molecule has 0 saturated heterocycles. The highest BCUT2D eigenvalue weighted by Gasteiger charge is 1.97. The fraction of sp³-hybridized carbons (Fsp3) is 0.889. The van der Waals surface area contributed by atoms with Gasteiger partial charge in [0.2, 0.25) is 0 Å². The van der Waals surface area contributed by atoms with Gasteiger partial charge in [-0.1, -0.05) is 0 Å². The monoisotopic (exact) mass is 236 g/mol. The molecule has 7 heteroatoms. The minimum atomic E-state index is -0.381. The summed E-state index contributed by atoms with van der Waals surface area (Å²) in [5, 5.41) is 21.8. The second-order valence-electron chi connectivity index (χ2n) is 2.94. The van der Waals surface area contributed by atoms with Gasteiger partial charge in [0.1, 0.15) is 13.5 Å². The minimum absolute atomic E-state index is 0.0743. The van der Waals surface area contributed by atoms with E-state index in [-0.39, 0.29) is 32.7 Å². The zero-order chi connectivity index (χ0) is 12.1. The highest BCUT2D eigenvalue weighted by Crippen LogP contribution is 1.80. The van der Waals surface area contributed by atoms with E-state index >= 15 is 0 Å². The summed E-state index contributed by atoms with van der Waals surface area (Å²) in [5.41, 5.74) is 0. The third kappa shape index (κ3) is 11.2. The number of carbonyl (C=O) groups excluding carboxylic acids is 1. The molecule has 7 nitrogen and oxygen atoms in total. The number of aliphatic hydroxyl groups excluding tert-OH is 2. The van der Waals surface area contributed by atoms with E-state index in [1.54, 1.807) is 0 Å². The van der Waals surface area contributed by atoms with Gasteiger partial charge in [0.05, 0.1) is 13.2 Å². The van der Waals surface area contributed by atoms with Gasteiger partial charge in [-0.05, 0) is 12.8 Å². The van der Waals surface area contributed by atoms with Gasteiger partial charge in [0, 0.05) is 13.2 Å². The van der Waals surface area contributed by atoms with Crippen molar-refractivity contribution in [3.8, 4) is 0 Å². The first kappa shape index (κ1) is 15.1. The molecule has 2 amide bonds. The van der Waals surface area contributed by atoms with Gasteiger partial charge in [-0.15, -0.1) is 0 Å². The van der Waals surface area contributed by atoms with E-state index in [1.165, 1.54) is 0 Å². The quantitative estimate of drug-likeness (QED) is 0.288. The zero-order valence-electron chi connectivity index (χ0n) is 9.28. The van der Waals surface area contributed by atoms with E-state index in [9.17, 15) is 4.79 Å². The molecule has 0 rings (SSSR count). The van der Waals surface area contributed by atoms with Crippen LogP contribution in [0.2, 0.25) is 0 Å². The van der Waals surface area contributed by atoms with Crippen LogP contribution in [-0.4, -0.2) is 56.1 Å². The van der Waals surface area contributed by atoms with Gasteiger partial charge in [0.15, 0.2) is 0 Å². The number of nitrogens with one attached hydrogen (secondary N) is 2. The molecule has 0 atom stereocenters. The summed E-state index contributed by atoms with van der Waals surface area (Å²) < 4.78 is 9.97. The fourth-order valence-corrected chi connectivity index (χ4v) is 0.773. The average molecular weight is 236 g/mol. The Morgan fingerprint density at radius 1 is 0.938 bits per heavy atom. The van der Waals surface area contributed by atoms with E-state index in [2.05, 4.69) is 10.6 Å². The number of carbonyl (C=O) groups is 1. The lowest BCUT2D eigenvalue weighted by molar-refractivity contribution is 0.0931. The Hall–Kier alpha value is -0.890. The normalized spacial score (nSPS) is 10.1. The predicted octanol–water partition coefficient (Wildman–Crippen LogP) is -1.00. The maximum atomic E-state index is 11.0. The first-order valence-corrected chi connectivity index (χ1v) is 5.20. The topological polar surface area (TPSA) is 100 Å². The van der Waals surface area contributed by atoms with Crippen LogP contribution in [0.15, 0.2) is 0 Å². The second-order valence-corrected chi connectivity index (χ2v) is 2.94. The number of amides is 2. The van der Waals surface area contributed by atoms with Crippen molar-refractivity contribution in [2.24, 2.45) is 0 Å². The summed E-state index contributed by atoms with van der Waals surface area (Å²) in [7, 11) is 0. The molecule has 0 fully saturated rings. The molecule has 0 spiro atoms. The number of urea groups is 1. The molecule has 96 valence electrons. The third-order valence-corrected chi connectivity index (χ3v) is 1.56. The summed E-state index contributed by atoms with van der Waals surface area (Å²) in [6.07, 6.45) is 1.10. The maximum Gasteiger partial charge on any atom is 0.318 e. The molecule has 0 heterocycles. The number of aliphatic hydroxyl groups is 2. The Balaban J connectivity index is 3.12. The molecule has 0 aliphatic heterocycles. The van der Waals surface area contributed by atoms with Crippen LogP contribution in [0.3, 0.4) is 0 Å². The minimum Gasteiger partial charge on any atom is -0.396 e. The van der Waals surface area contributed by atoms with E-state index in [0.717, 1.165) is 0 Å². The van der Waals surface area contributed by atoms with Crippen molar-refractivity contribution >= 4 is 6.03 Å². The maximum absolute atomic E-state index is 11.0. The molecule has 0 aromatic heterocycles. The van der Waals surface area contributed by atoms with Gasteiger partial charge in [-0.25, -0.2) is 4.79 Å². The van der Waals surface area contributed by atoms with Crippen molar-refractivity contribution in [2.45, 2.75) is 12.8 Å². The summed E-state index contributed by atoms with van der Waals surface area (Å²) in [6.45, 7) is 1.16. The molecular weight excluding hydrogens is 216 g/mol. The molecule has 0 saturated carbocycles. The standard InChI is InChI=1S/C9H20N2O5/c12-3-1-5-15-7-10-9(14)11-8-16-6-2-4-13/h12-13H,1-8H2,(H2,10,11,14). The molecular formula is C9H20N2O5. The number of ether oxygens (including phenoxy) is 2. The van der Waals surface area contributed by atoms with Crippen LogP contribution in [0.25, 0.3) is 0 Å². The molecule has 0 aromatic rings. The van der Waals surface area contributed by atoms with Crippen LogP contribution < -0.4 is 10.6 Å². The van der Waals surface area contributed by atoms with Crippen molar-refractivity contribution in [3.63, 3.8) is 0 Å². The highest BCUT2D eigenvalue weighted by molar-refractivity contribution is 5.73. The molecule has 0 unspecified atom stereocenters. The Kier molecular flexibility index (Phi) is 11.5. The average Bonchev–Trinajstić information content (AvgIpc) is 2.28. The highest BCUT2D eigenvalue weighted by atomic mass is 16.5. The van der Waals surface area contributed by atoms with Crippen molar-refractivity contribution in [1.82, 2.24) is 10.6 Å². The van der Waals surface area contributed by atoms with E-state index in [4.69, 9.17) is 19.7 Å². The van der Waals surface area contributed by atoms with Crippen LogP contribution in [0.4, 0.5) is 4.79 Å². The van der Waals surface area contributed by atoms with E-state index in [0.29, 0.717) is 26.1 Å².